The minimum Gasteiger partial charge on any atom is -0.484 e. The number of benzene rings is 3. The Morgan fingerprint density at radius 1 is 0.800 bits per heavy atom. The molecule has 0 fully saturated rings. The number of carbonyl (C=O) groups excluding carboxylic acids is 3. The van der Waals surface area contributed by atoms with Gasteiger partial charge in [-0.1, -0.05) is 48.5 Å². The van der Waals surface area contributed by atoms with Crippen LogP contribution in [0.25, 0.3) is 11.1 Å². The molecule has 0 radical (unpaired) electrons. The molecule has 7 heteroatoms. The maximum Gasteiger partial charge on any atom is 0.338 e. The third kappa shape index (κ3) is 5.93. The topological polar surface area (TPSA) is 108 Å². The molecule has 0 saturated carbocycles. The molecule has 0 unspecified atom stereocenters. The molecular weight excluding hydrogens is 384 g/mol. The molecule has 3 aromatic carbocycles. The zero-order chi connectivity index (χ0) is 21.3. The molecule has 0 spiro atoms. The van der Waals surface area contributed by atoms with Crippen LogP contribution in [-0.2, 0) is 14.3 Å². The Kier molecular flexibility index (Phi) is 6.78. The van der Waals surface area contributed by atoms with Gasteiger partial charge in [0.2, 0.25) is 0 Å². The van der Waals surface area contributed by atoms with Gasteiger partial charge >= 0.3 is 5.97 Å². The molecule has 30 heavy (non-hydrogen) atoms. The van der Waals surface area contributed by atoms with Gasteiger partial charge in [-0.25, -0.2) is 4.79 Å². The summed E-state index contributed by atoms with van der Waals surface area (Å²) < 4.78 is 10.2. The molecule has 0 heterocycles. The van der Waals surface area contributed by atoms with Crippen molar-refractivity contribution >= 4 is 23.5 Å². The van der Waals surface area contributed by atoms with Crippen LogP contribution in [0.1, 0.15) is 10.4 Å². The number of amides is 2. The largest absolute Gasteiger partial charge is 0.484 e. The van der Waals surface area contributed by atoms with Crippen molar-refractivity contribution in [2.45, 2.75) is 0 Å². The van der Waals surface area contributed by atoms with Crippen molar-refractivity contribution in [3.05, 3.63) is 84.4 Å². The maximum absolute atomic E-state index is 12.1. The number of hydrogen-bond donors (Lipinski definition) is 2. The number of hydrogen-bond acceptors (Lipinski definition) is 5. The van der Waals surface area contributed by atoms with Gasteiger partial charge in [-0.2, -0.15) is 0 Å². The van der Waals surface area contributed by atoms with E-state index in [2.05, 4.69) is 5.32 Å². The first-order chi connectivity index (χ1) is 14.5. The SMILES string of the molecule is NC(=O)COc1cccc(C(=O)OCC(=O)Nc2ccc(-c3ccccc3)cc2)c1. The van der Waals surface area contributed by atoms with Gasteiger partial charge < -0.3 is 20.5 Å². The zero-order valence-corrected chi connectivity index (χ0v) is 16.0. The van der Waals surface area contributed by atoms with Crippen LogP contribution in [0.5, 0.6) is 5.75 Å². The van der Waals surface area contributed by atoms with Crippen molar-refractivity contribution in [1.29, 1.82) is 0 Å². The summed E-state index contributed by atoms with van der Waals surface area (Å²) in [5, 5.41) is 2.68. The van der Waals surface area contributed by atoms with Crippen molar-refractivity contribution in [2.24, 2.45) is 5.73 Å². The Hall–Kier alpha value is -4.13. The Morgan fingerprint density at radius 3 is 2.20 bits per heavy atom. The van der Waals surface area contributed by atoms with Crippen molar-refractivity contribution in [3.8, 4) is 16.9 Å². The quantitative estimate of drug-likeness (QED) is 0.561. The number of ether oxygens (including phenoxy) is 2. The normalized spacial score (nSPS) is 10.1. The molecule has 0 aliphatic rings. The molecule has 0 saturated heterocycles. The number of rotatable bonds is 8. The molecule has 0 aliphatic carbocycles. The number of nitrogens with two attached hydrogens (primary N) is 1. The van der Waals surface area contributed by atoms with Crippen LogP contribution < -0.4 is 15.8 Å². The smallest absolute Gasteiger partial charge is 0.338 e. The van der Waals surface area contributed by atoms with Crippen molar-refractivity contribution in [3.63, 3.8) is 0 Å². The summed E-state index contributed by atoms with van der Waals surface area (Å²) in [6.45, 7) is -0.740. The summed E-state index contributed by atoms with van der Waals surface area (Å²) in [4.78, 5) is 35.0. The Balaban J connectivity index is 1.51. The minimum atomic E-state index is -0.686. The van der Waals surface area contributed by atoms with Gasteiger partial charge in [0.15, 0.2) is 13.2 Å². The van der Waals surface area contributed by atoms with Crippen LogP contribution >= 0.6 is 0 Å². The van der Waals surface area contributed by atoms with E-state index in [1.54, 1.807) is 24.3 Å². The highest BCUT2D eigenvalue weighted by atomic mass is 16.5. The first-order valence-corrected chi connectivity index (χ1v) is 9.15. The molecule has 0 bridgehead atoms. The Bertz CT molecular complexity index is 1030. The van der Waals surface area contributed by atoms with Gasteiger partial charge in [-0.3, -0.25) is 9.59 Å². The third-order valence-electron chi connectivity index (χ3n) is 4.06. The first kappa shape index (κ1) is 20.6. The third-order valence-corrected chi connectivity index (χ3v) is 4.06. The van der Waals surface area contributed by atoms with Gasteiger partial charge in [0.25, 0.3) is 11.8 Å². The Morgan fingerprint density at radius 2 is 1.50 bits per heavy atom. The van der Waals surface area contributed by atoms with E-state index in [0.717, 1.165) is 11.1 Å². The monoisotopic (exact) mass is 404 g/mol. The summed E-state index contributed by atoms with van der Waals surface area (Å²) in [5.41, 5.74) is 7.91. The molecule has 3 N–H and O–H groups in total. The first-order valence-electron chi connectivity index (χ1n) is 9.15. The van der Waals surface area contributed by atoms with E-state index in [-0.39, 0.29) is 12.2 Å². The second kappa shape index (κ2) is 9.88. The van der Waals surface area contributed by atoms with E-state index in [1.807, 2.05) is 42.5 Å². The van der Waals surface area contributed by atoms with Gasteiger partial charge in [0.1, 0.15) is 5.75 Å². The predicted octanol–water partition coefficient (Wildman–Crippen LogP) is 3.01. The predicted molar refractivity (Wildman–Crippen MR) is 112 cm³/mol. The molecule has 2 amide bonds. The highest BCUT2D eigenvalue weighted by molar-refractivity contribution is 5.95. The van der Waals surface area contributed by atoms with Crippen molar-refractivity contribution < 1.29 is 23.9 Å². The fourth-order valence-electron chi connectivity index (χ4n) is 2.66. The van der Waals surface area contributed by atoms with E-state index in [4.69, 9.17) is 15.2 Å². The molecule has 3 rings (SSSR count). The molecular formula is C23H20N2O5. The van der Waals surface area contributed by atoms with Gasteiger partial charge in [-0.15, -0.1) is 0 Å². The Labute approximate surface area is 173 Å². The minimum absolute atomic E-state index is 0.192. The lowest BCUT2D eigenvalue weighted by atomic mass is 10.1. The van der Waals surface area contributed by atoms with Gasteiger partial charge in [-0.05, 0) is 41.5 Å². The average Bonchev–Trinajstić information content (AvgIpc) is 2.77. The zero-order valence-electron chi connectivity index (χ0n) is 16.0. The van der Waals surface area contributed by atoms with E-state index in [1.165, 1.54) is 12.1 Å². The lowest BCUT2D eigenvalue weighted by Crippen LogP contribution is -2.21. The van der Waals surface area contributed by atoms with Crippen LogP contribution in [0.2, 0.25) is 0 Å². The van der Waals surface area contributed by atoms with Crippen LogP contribution in [-0.4, -0.2) is 31.0 Å². The van der Waals surface area contributed by atoms with Crippen LogP contribution in [0.4, 0.5) is 5.69 Å². The molecule has 7 nitrogen and oxygen atoms in total. The van der Waals surface area contributed by atoms with E-state index in [9.17, 15) is 14.4 Å². The lowest BCUT2D eigenvalue weighted by Gasteiger charge is -2.09. The lowest BCUT2D eigenvalue weighted by molar-refractivity contribution is -0.120. The molecule has 0 aromatic heterocycles. The standard InChI is InChI=1S/C23H20N2O5/c24-21(26)14-29-20-8-4-7-18(13-20)23(28)30-15-22(27)25-19-11-9-17(10-12-19)16-5-2-1-3-6-16/h1-13H,14-15H2,(H2,24,26)(H,25,27). The van der Waals surface area contributed by atoms with E-state index in [0.29, 0.717) is 11.4 Å². The number of nitrogens with one attached hydrogen (secondary N) is 1. The highest BCUT2D eigenvalue weighted by Gasteiger charge is 2.12. The van der Waals surface area contributed by atoms with Crippen LogP contribution in [0.15, 0.2) is 78.9 Å². The van der Waals surface area contributed by atoms with Crippen molar-refractivity contribution in [2.75, 3.05) is 18.5 Å². The molecule has 0 atom stereocenters. The number of primary amides is 1. The number of carbonyl (C=O) groups is 3. The maximum atomic E-state index is 12.1. The number of esters is 1. The second-order valence-corrected chi connectivity index (χ2v) is 6.35. The summed E-state index contributed by atoms with van der Waals surface area (Å²) in [7, 11) is 0. The summed E-state index contributed by atoms with van der Waals surface area (Å²) in [6, 6.07) is 23.3. The average molecular weight is 404 g/mol. The van der Waals surface area contributed by atoms with Crippen molar-refractivity contribution in [1.82, 2.24) is 0 Å². The van der Waals surface area contributed by atoms with Gasteiger partial charge in [0, 0.05) is 5.69 Å². The second-order valence-electron chi connectivity index (χ2n) is 6.35. The molecule has 152 valence electrons. The fourth-order valence-corrected chi connectivity index (χ4v) is 2.66. The summed E-state index contributed by atoms with van der Waals surface area (Å²) >= 11 is 0. The molecule has 3 aromatic rings. The number of anilines is 1. The van der Waals surface area contributed by atoms with Crippen LogP contribution in [0, 0.1) is 0 Å². The van der Waals surface area contributed by atoms with E-state index < -0.39 is 24.4 Å². The van der Waals surface area contributed by atoms with E-state index >= 15 is 0 Å². The molecule has 0 aliphatic heterocycles. The fraction of sp³-hybridized carbons (Fsp3) is 0.0870. The summed E-state index contributed by atoms with van der Waals surface area (Å²) in [5.74, 6) is -1.48. The summed E-state index contributed by atoms with van der Waals surface area (Å²) in [6.07, 6.45) is 0. The van der Waals surface area contributed by atoms with Gasteiger partial charge in [0.05, 0.1) is 5.56 Å². The van der Waals surface area contributed by atoms with Crippen LogP contribution in [0.3, 0.4) is 0 Å². The highest BCUT2D eigenvalue weighted by Crippen LogP contribution is 2.21.